The smallest absolute Gasteiger partial charge is 0.320 e. The van der Waals surface area contributed by atoms with Crippen LogP contribution in [0.5, 0.6) is 0 Å². The quantitative estimate of drug-likeness (QED) is 0.422. The summed E-state index contributed by atoms with van der Waals surface area (Å²) in [5, 5.41) is 0. The molecule has 0 N–H and O–H groups in total. The first-order valence-electron chi connectivity index (χ1n) is 6.78. The maximum atomic E-state index is 12.0. The number of esters is 2. The molecular weight excluding hydrogens is 260 g/mol. The third-order valence-corrected chi connectivity index (χ3v) is 4.03. The summed E-state index contributed by atoms with van der Waals surface area (Å²) in [5.41, 5.74) is 0. The van der Waals surface area contributed by atoms with Gasteiger partial charge in [0.1, 0.15) is 5.78 Å². The third-order valence-electron chi connectivity index (χ3n) is 4.03. The summed E-state index contributed by atoms with van der Waals surface area (Å²) in [6.45, 7) is 5.58. The molecule has 0 aromatic heterocycles. The minimum atomic E-state index is -1.05. The fourth-order valence-corrected chi connectivity index (χ4v) is 2.77. The van der Waals surface area contributed by atoms with E-state index in [2.05, 4.69) is 16.1 Å². The number of carbonyl (C=O) groups is 3. The monoisotopic (exact) mass is 282 g/mol. The van der Waals surface area contributed by atoms with E-state index in [-0.39, 0.29) is 17.6 Å². The van der Waals surface area contributed by atoms with Crippen LogP contribution in [0.1, 0.15) is 26.2 Å². The highest BCUT2D eigenvalue weighted by atomic mass is 16.5. The largest absolute Gasteiger partial charge is 0.468 e. The molecule has 0 saturated heterocycles. The fraction of sp³-hybridized carbons (Fsp3) is 0.667. The zero-order valence-corrected chi connectivity index (χ0v) is 12.3. The summed E-state index contributed by atoms with van der Waals surface area (Å²) in [6.07, 6.45) is 3.62. The Kier molecular flexibility index (Phi) is 5.92. The van der Waals surface area contributed by atoms with Crippen LogP contribution in [0.4, 0.5) is 0 Å². The van der Waals surface area contributed by atoms with Gasteiger partial charge in [-0.05, 0) is 19.3 Å². The number of carbonyl (C=O) groups excluding carboxylic acids is 3. The normalized spacial score (nSPS) is 23.5. The summed E-state index contributed by atoms with van der Waals surface area (Å²) in [6, 6.07) is 0. The first kappa shape index (κ1) is 16.4. The van der Waals surface area contributed by atoms with Crippen LogP contribution in [0.2, 0.25) is 0 Å². The van der Waals surface area contributed by atoms with Crippen molar-refractivity contribution < 1.29 is 23.9 Å². The predicted octanol–water partition coefficient (Wildman–Crippen LogP) is 1.76. The Labute approximate surface area is 119 Å². The molecule has 0 spiro atoms. The van der Waals surface area contributed by atoms with Gasteiger partial charge in [-0.15, -0.1) is 6.58 Å². The van der Waals surface area contributed by atoms with Gasteiger partial charge in [-0.3, -0.25) is 14.4 Å². The predicted molar refractivity (Wildman–Crippen MR) is 72.7 cm³/mol. The molecule has 1 rings (SSSR count). The van der Waals surface area contributed by atoms with Crippen LogP contribution in [0.15, 0.2) is 12.7 Å². The molecule has 20 heavy (non-hydrogen) atoms. The third kappa shape index (κ3) is 3.46. The minimum absolute atomic E-state index is 0.0557. The van der Waals surface area contributed by atoms with Crippen molar-refractivity contribution in [3.8, 4) is 0 Å². The molecule has 0 amide bonds. The second kappa shape index (κ2) is 7.22. The van der Waals surface area contributed by atoms with Gasteiger partial charge in [0.25, 0.3) is 0 Å². The van der Waals surface area contributed by atoms with Crippen LogP contribution >= 0.6 is 0 Å². The van der Waals surface area contributed by atoms with Crippen molar-refractivity contribution in [2.24, 2.45) is 23.7 Å². The average molecular weight is 282 g/mol. The number of rotatable bonds is 6. The Bertz CT molecular complexity index is 385. The molecule has 1 saturated carbocycles. The van der Waals surface area contributed by atoms with Gasteiger partial charge in [0, 0.05) is 17.8 Å². The van der Waals surface area contributed by atoms with Gasteiger partial charge in [-0.25, -0.2) is 0 Å². The van der Waals surface area contributed by atoms with E-state index in [4.69, 9.17) is 0 Å². The second-order valence-electron chi connectivity index (χ2n) is 5.24. The van der Waals surface area contributed by atoms with Crippen molar-refractivity contribution in [2.75, 3.05) is 14.2 Å². The van der Waals surface area contributed by atoms with Crippen LogP contribution in [-0.2, 0) is 23.9 Å². The van der Waals surface area contributed by atoms with Crippen LogP contribution in [-0.4, -0.2) is 31.9 Å². The fourth-order valence-electron chi connectivity index (χ4n) is 2.77. The molecule has 0 heterocycles. The molecule has 5 heteroatoms. The Morgan fingerprint density at radius 1 is 1.30 bits per heavy atom. The van der Waals surface area contributed by atoms with E-state index in [0.29, 0.717) is 6.42 Å². The number of Topliss-reactive ketones (excluding diaryl/α,β-unsaturated/α-hetero) is 1. The van der Waals surface area contributed by atoms with E-state index >= 15 is 0 Å². The number of ketones is 1. The van der Waals surface area contributed by atoms with Crippen molar-refractivity contribution in [1.82, 2.24) is 0 Å². The molecule has 1 fully saturated rings. The van der Waals surface area contributed by atoms with Gasteiger partial charge in [-0.1, -0.05) is 13.0 Å². The lowest BCUT2D eigenvalue weighted by atomic mass is 9.83. The van der Waals surface area contributed by atoms with Crippen LogP contribution in [0.25, 0.3) is 0 Å². The maximum absolute atomic E-state index is 12.0. The van der Waals surface area contributed by atoms with E-state index in [9.17, 15) is 14.4 Å². The van der Waals surface area contributed by atoms with E-state index in [0.717, 1.165) is 12.8 Å². The van der Waals surface area contributed by atoms with E-state index in [1.807, 2.05) is 6.92 Å². The Morgan fingerprint density at radius 2 is 1.85 bits per heavy atom. The topological polar surface area (TPSA) is 69.7 Å². The summed E-state index contributed by atoms with van der Waals surface area (Å²) in [7, 11) is 2.45. The number of hydrogen-bond acceptors (Lipinski definition) is 5. The van der Waals surface area contributed by atoms with Gasteiger partial charge in [-0.2, -0.15) is 0 Å². The highest BCUT2D eigenvalue weighted by molar-refractivity contribution is 5.95. The molecule has 112 valence electrons. The zero-order valence-electron chi connectivity index (χ0n) is 12.3. The summed E-state index contributed by atoms with van der Waals surface area (Å²) in [4.78, 5) is 35.5. The molecule has 1 aliphatic rings. The first-order chi connectivity index (χ1) is 9.46. The zero-order chi connectivity index (χ0) is 15.3. The van der Waals surface area contributed by atoms with Crippen LogP contribution < -0.4 is 0 Å². The van der Waals surface area contributed by atoms with Crippen LogP contribution in [0, 0.1) is 23.7 Å². The summed E-state index contributed by atoms with van der Waals surface area (Å²) < 4.78 is 9.32. The van der Waals surface area contributed by atoms with E-state index in [1.54, 1.807) is 0 Å². The van der Waals surface area contributed by atoms with Gasteiger partial charge in [0.2, 0.25) is 0 Å². The Hall–Kier alpha value is -1.65. The molecule has 0 bridgehead atoms. The molecule has 5 nitrogen and oxygen atoms in total. The summed E-state index contributed by atoms with van der Waals surface area (Å²) in [5.74, 6) is -2.67. The first-order valence-corrected chi connectivity index (χ1v) is 6.78. The SMILES string of the molecule is C=CC(CC1CCC(C)C1=O)C(C(=O)OC)C(=O)OC. The van der Waals surface area contributed by atoms with Gasteiger partial charge < -0.3 is 9.47 Å². The van der Waals surface area contributed by atoms with Crippen molar-refractivity contribution >= 4 is 17.7 Å². The standard InChI is InChI=1S/C15H22O5/c1-5-10(8-11-7-6-9(2)13(11)16)12(14(17)19-3)15(18)20-4/h5,9-12H,1,6-8H2,2-4H3. The number of ether oxygens (including phenoxy) is 2. The maximum Gasteiger partial charge on any atom is 0.320 e. The number of allylic oxidation sites excluding steroid dienone is 1. The molecule has 0 radical (unpaired) electrons. The second-order valence-corrected chi connectivity index (χ2v) is 5.24. The number of hydrogen-bond donors (Lipinski definition) is 0. The van der Waals surface area contributed by atoms with Crippen molar-refractivity contribution in [3.05, 3.63) is 12.7 Å². The summed E-state index contributed by atoms with van der Waals surface area (Å²) >= 11 is 0. The molecular formula is C15H22O5. The lowest BCUT2D eigenvalue weighted by Crippen LogP contribution is -2.34. The molecule has 3 unspecified atom stereocenters. The van der Waals surface area contributed by atoms with E-state index < -0.39 is 23.8 Å². The molecule has 0 aromatic rings. The van der Waals surface area contributed by atoms with Gasteiger partial charge in [0.15, 0.2) is 5.92 Å². The Morgan fingerprint density at radius 3 is 2.20 bits per heavy atom. The molecule has 3 atom stereocenters. The number of methoxy groups -OCH3 is 2. The van der Waals surface area contributed by atoms with Gasteiger partial charge in [0.05, 0.1) is 14.2 Å². The highest BCUT2D eigenvalue weighted by Gasteiger charge is 2.39. The Balaban J connectivity index is 2.85. The van der Waals surface area contributed by atoms with Crippen molar-refractivity contribution in [1.29, 1.82) is 0 Å². The molecule has 1 aliphatic carbocycles. The van der Waals surface area contributed by atoms with Crippen molar-refractivity contribution in [2.45, 2.75) is 26.2 Å². The molecule has 0 aromatic carbocycles. The average Bonchev–Trinajstić information content (AvgIpc) is 2.77. The highest BCUT2D eigenvalue weighted by Crippen LogP contribution is 2.34. The van der Waals surface area contributed by atoms with Crippen molar-refractivity contribution in [3.63, 3.8) is 0 Å². The van der Waals surface area contributed by atoms with Gasteiger partial charge >= 0.3 is 11.9 Å². The lowest BCUT2D eigenvalue weighted by Gasteiger charge is -2.22. The lowest BCUT2D eigenvalue weighted by molar-refractivity contribution is -0.161. The van der Waals surface area contributed by atoms with E-state index in [1.165, 1.54) is 20.3 Å². The minimum Gasteiger partial charge on any atom is -0.468 e. The molecule has 0 aliphatic heterocycles. The van der Waals surface area contributed by atoms with Crippen LogP contribution in [0.3, 0.4) is 0 Å².